The predicted molar refractivity (Wildman–Crippen MR) is 82.1 cm³/mol. The smallest absolute Gasteiger partial charge is 0.320 e. The molecule has 5 heteroatoms. The molecule has 0 unspecified atom stereocenters. The molecule has 0 atom stereocenters. The predicted octanol–water partition coefficient (Wildman–Crippen LogP) is 3.96. The van der Waals surface area contributed by atoms with Gasteiger partial charge >= 0.3 is 5.97 Å². The van der Waals surface area contributed by atoms with E-state index < -0.39 is 10.7 Å². The zero-order chi connectivity index (χ0) is 14.2. The van der Waals surface area contributed by atoms with Crippen LogP contribution in [0.4, 0.5) is 0 Å². The van der Waals surface area contributed by atoms with Gasteiger partial charge in [-0.2, -0.15) is 0 Å². The molecule has 2 fully saturated rings. The zero-order valence-corrected chi connectivity index (χ0v) is 13.5. The lowest BCUT2D eigenvalue weighted by Gasteiger charge is -2.55. The van der Waals surface area contributed by atoms with E-state index in [-0.39, 0.29) is 5.41 Å². The van der Waals surface area contributed by atoms with Crippen molar-refractivity contribution >= 4 is 33.7 Å². The van der Waals surface area contributed by atoms with Crippen LogP contribution in [0.15, 0.2) is 33.6 Å². The van der Waals surface area contributed by atoms with Crippen molar-refractivity contribution in [1.29, 1.82) is 0 Å². The van der Waals surface area contributed by atoms with Crippen molar-refractivity contribution in [3.63, 3.8) is 0 Å². The molecule has 1 aromatic rings. The second-order valence-electron chi connectivity index (χ2n) is 5.80. The summed E-state index contributed by atoms with van der Waals surface area (Å²) < 4.78 is 5.71. The van der Waals surface area contributed by atoms with Gasteiger partial charge in [0.05, 0.1) is 0 Å². The van der Waals surface area contributed by atoms with Crippen molar-refractivity contribution < 1.29 is 14.6 Å². The third-order valence-electron chi connectivity index (χ3n) is 4.41. The maximum Gasteiger partial charge on any atom is 0.320 e. The first-order valence-electron chi connectivity index (χ1n) is 6.80. The van der Waals surface area contributed by atoms with E-state index in [1.165, 1.54) is 11.8 Å². The molecule has 0 aromatic heterocycles. The summed E-state index contributed by atoms with van der Waals surface area (Å²) in [5, 5.41) is 9.68. The molecule has 0 bridgehead atoms. The largest absolute Gasteiger partial charge is 0.480 e. The molecule has 3 rings (SSSR count). The Labute approximate surface area is 131 Å². The summed E-state index contributed by atoms with van der Waals surface area (Å²) in [4.78, 5) is 12.8. The Balaban J connectivity index is 1.78. The highest BCUT2D eigenvalue weighted by Gasteiger charge is 2.59. The molecule has 1 N–H and O–H groups in total. The Morgan fingerprint density at radius 3 is 2.50 bits per heavy atom. The summed E-state index contributed by atoms with van der Waals surface area (Å²) in [7, 11) is 0. The summed E-state index contributed by atoms with van der Waals surface area (Å²) in [6.45, 7) is 1.55. The van der Waals surface area contributed by atoms with Crippen LogP contribution < -0.4 is 0 Å². The lowest BCUT2D eigenvalue weighted by atomic mass is 9.57. The number of hydrogen-bond donors (Lipinski definition) is 1. The van der Waals surface area contributed by atoms with Crippen molar-refractivity contribution in [1.82, 2.24) is 0 Å². The first-order valence-corrected chi connectivity index (χ1v) is 8.41. The Bertz CT molecular complexity index is 518. The number of rotatable bonds is 3. The summed E-state index contributed by atoms with van der Waals surface area (Å²) in [6, 6.07) is 7.84. The van der Waals surface area contributed by atoms with Gasteiger partial charge in [0, 0.05) is 22.6 Å². The SMILES string of the molecule is O=C(O)C1(Sc2ccccc2Br)CC2(CCOCC2)C1. The molecule has 1 aromatic carbocycles. The van der Waals surface area contributed by atoms with Gasteiger partial charge in [0.1, 0.15) is 4.75 Å². The summed E-state index contributed by atoms with van der Waals surface area (Å²) in [5.41, 5.74) is 0.199. The zero-order valence-electron chi connectivity index (χ0n) is 11.1. The molecular weight excluding hydrogens is 340 g/mol. The van der Waals surface area contributed by atoms with Crippen LogP contribution >= 0.6 is 27.7 Å². The second-order valence-corrected chi connectivity index (χ2v) is 8.08. The maximum atomic E-state index is 11.8. The molecule has 0 amide bonds. The van der Waals surface area contributed by atoms with Gasteiger partial charge in [-0.05, 0) is 59.2 Å². The summed E-state index contributed by atoms with van der Waals surface area (Å²) >= 11 is 5.00. The number of carboxylic acid groups (broad SMARTS) is 1. The van der Waals surface area contributed by atoms with Gasteiger partial charge in [0.2, 0.25) is 0 Å². The molecule has 0 radical (unpaired) electrons. The molecule has 1 saturated carbocycles. The molecule has 108 valence electrons. The standard InChI is InChI=1S/C15H17BrO3S/c16-11-3-1-2-4-12(11)20-15(13(17)18)9-14(10-15)5-7-19-8-6-14/h1-4H,5-10H2,(H,17,18). The lowest BCUT2D eigenvalue weighted by molar-refractivity contribution is -0.150. The molecule has 1 aliphatic heterocycles. The number of carbonyl (C=O) groups is 1. The fourth-order valence-corrected chi connectivity index (χ4v) is 5.43. The van der Waals surface area contributed by atoms with Gasteiger partial charge in [-0.1, -0.05) is 12.1 Å². The lowest BCUT2D eigenvalue weighted by Crippen LogP contribution is -2.56. The van der Waals surface area contributed by atoms with E-state index in [0.29, 0.717) is 0 Å². The molecule has 1 saturated heterocycles. The average Bonchev–Trinajstić information content (AvgIpc) is 2.40. The fraction of sp³-hybridized carbons (Fsp3) is 0.533. The van der Waals surface area contributed by atoms with Crippen LogP contribution in [0.5, 0.6) is 0 Å². The maximum absolute atomic E-state index is 11.8. The highest BCUT2D eigenvalue weighted by molar-refractivity contribution is 9.10. The van der Waals surface area contributed by atoms with Crippen molar-refractivity contribution in [2.24, 2.45) is 5.41 Å². The van der Waals surface area contributed by atoms with Crippen molar-refractivity contribution in [2.75, 3.05) is 13.2 Å². The van der Waals surface area contributed by atoms with E-state index in [2.05, 4.69) is 15.9 Å². The van der Waals surface area contributed by atoms with Crippen LogP contribution in [0, 0.1) is 5.41 Å². The van der Waals surface area contributed by atoms with Gasteiger partial charge in [0.25, 0.3) is 0 Å². The number of ether oxygens (including phenoxy) is 1. The van der Waals surface area contributed by atoms with E-state index >= 15 is 0 Å². The van der Waals surface area contributed by atoms with E-state index in [1.54, 1.807) is 0 Å². The number of hydrogen-bond acceptors (Lipinski definition) is 3. The Morgan fingerprint density at radius 1 is 1.25 bits per heavy atom. The monoisotopic (exact) mass is 356 g/mol. The van der Waals surface area contributed by atoms with Crippen molar-refractivity contribution in [3.8, 4) is 0 Å². The molecule has 2 aliphatic rings. The summed E-state index contributed by atoms with van der Waals surface area (Å²) in [5.74, 6) is -0.685. The number of aliphatic carboxylic acids is 1. The number of thioether (sulfide) groups is 1. The first kappa shape index (κ1) is 14.4. The molecule has 20 heavy (non-hydrogen) atoms. The van der Waals surface area contributed by atoms with Crippen molar-refractivity contribution in [2.45, 2.75) is 35.3 Å². The molecule has 3 nitrogen and oxygen atoms in total. The van der Waals surface area contributed by atoms with E-state index in [1.807, 2.05) is 24.3 Å². The summed E-state index contributed by atoms with van der Waals surface area (Å²) in [6.07, 6.45) is 3.51. The number of carboxylic acids is 1. The van der Waals surface area contributed by atoms with E-state index in [4.69, 9.17) is 4.74 Å². The molecule has 1 spiro atoms. The molecular formula is C15H17BrO3S. The highest BCUT2D eigenvalue weighted by atomic mass is 79.9. The van der Waals surface area contributed by atoms with E-state index in [0.717, 1.165) is 48.3 Å². The van der Waals surface area contributed by atoms with Gasteiger partial charge in [-0.25, -0.2) is 0 Å². The van der Waals surface area contributed by atoms with Gasteiger partial charge in [0.15, 0.2) is 0 Å². The quantitative estimate of drug-likeness (QED) is 0.890. The molecule has 1 heterocycles. The normalized spacial score (nSPS) is 23.2. The van der Waals surface area contributed by atoms with Crippen LogP contribution in [-0.4, -0.2) is 29.0 Å². The number of benzene rings is 1. The van der Waals surface area contributed by atoms with Gasteiger partial charge < -0.3 is 9.84 Å². The Morgan fingerprint density at radius 2 is 1.90 bits per heavy atom. The van der Waals surface area contributed by atoms with Crippen LogP contribution in [0.2, 0.25) is 0 Å². The Kier molecular flexibility index (Phi) is 3.86. The minimum atomic E-state index is -0.685. The van der Waals surface area contributed by atoms with Crippen LogP contribution in [0.3, 0.4) is 0 Å². The van der Waals surface area contributed by atoms with E-state index in [9.17, 15) is 9.90 Å². The minimum Gasteiger partial charge on any atom is -0.480 e. The topological polar surface area (TPSA) is 46.5 Å². The van der Waals surface area contributed by atoms with Crippen LogP contribution in [-0.2, 0) is 9.53 Å². The molecule has 1 aliphatic carbocycles. The fourth-order valence-electron chi connectivity index (χ4n) is 3.32. The van der Waals surface area contributed by atoms with Crippen LogP contribution in [0.1, 0.15) is 25.7 Å². The highest BCUT2D eigenvalue weighted by Crippen LogP contribution is 2.62. The number of halogens is 1. The van der Waals surface area contributed by atoms with Crippen LogP contribution in [0.25, 0.3) is 0 Å². The minimum absolute atomic E-state index is 0.199. The third kappa shape index (κ3) is 2.51. The Hall–Kier alpha value is -0.520. The van der Waals surface area contributed by atoms with Gasteiger partial charge in [-0.15, -0.1) is 11.8 Å². The second kappa shape index (κ2) is 5.35. The third-order valence-corrected chi connectivity index (χ3v) is 6.79. The average molecular weight is 357 g/mol. The van der Waals surface area contributed by atoms with Crippen molar-refractivity contribution in [3.05, 3.63) is 28.7 Å². The first-order chi connectivity index (χ1) is 9.55. The van der Waals surface area contributed by atoms with Gasteiger partial charge in [-0.3, -0.25) is 4.79 Å².